The molecule has 0 saturated heterocycles. The number of hydrogen-bond donors (Lipinski definition) is 1. The Labute approximate surface area is 79.8 Å². The van der Waals surface area contributed by atoms with E-state index in [1.807, 2.05) is 13.0 Å². The van der Waals surface area contributed by atoms with E-state index in [2.05, 4.69) is 12.7 Å². The molecule has 1 atom stereocenters. The summed E-state index contributed by atoms with van der Waals surface area (Å²) in [6, 6.07) is 0.161. The van der Waals surface area contributed by atoms with Crippen molar-refractivity contribution < 1.29 is 4.74 Å². The Kier molecular flexibility index (Phi) is 3.32. The zero-order valence-electron chi connectivity index (χ0n) is 8.34. The topological polar surface area (TPSA) is 35.2 Å². The van der Waals surface area contributed by atoms with Gasteiger partial charge in [-0.15, -0.1) is 0 Å². The van der Waals surface area contributed by atoms with Gasteiger partial charge in [-0.25, -0.2) is 0 Å². The zero-order valence-corrected chi connectivity index (χ0v) is 8.34. The van der Waals surface area contributed by atoms with E-state index >= 15 is 0 Å². The second kappa shape index (κ2) is 4.28. The van der Waals surface area contributed by atoms with E-state index in [1.54, 1.807) is 7.11 Å². The van der Waals surface area contributed by atoms with Gasteiger partial charge in [0.15, 0.2) is 0 Å². The van der Waals surface area contributed by atoms with Crippen LogP contribution in [0.5, 0.6) is 0 Å². The van der Waals surface area contributed by atoms with Crippen LogP contribution in [0.2, 0.25) is 0 Å². The maximum Gasteiger partial charge on any atom is 0.114 e. The van der Waals surface area contributed by atoms with Crippen LogP contribution in [-0.2, 0) is 4.74 Å². The lowest BCUT2D eigenvalue weighted by Crippen LogP contribution is -2.19. The highest BCUT2D eigenvalue weighted by Gasteiger charge is 2.11. The van der Waals surface area contributed by atoms with Gasteiger partial charge in [-0.05, 0) is 25.3 Å². The van der Waals surface area contributed by atoms with Crippen LogP contribution < -0.4 is 5.73 Å². The summed E-state index contributed by atoms with van der Waals surface area (Å²) >= 11 is 0. The molecule has 0 fully saturated rings. The minimum absolute atomic E-state index is 0.161. The van der Waals surface area contributed by atoms with Crippen molar-refractivity contribution in [2.75, 3.05) is 7.11 Å². The first kappa shape index (κ1) is 10.1. The molecule has 0 radical (unpaired) electrons. The summed E-state index contributed by atoms with van der Waals surface area (Å²) in [5.74, 6) is 0.764. The largest absolute Gasteiger partial charge is 0.497 e. The molecule has 2 N–H and O–H groups in total. The molecule has 0 aromatic heterocycles. The van der Waals surface area contributed by atoms with Gasteiger partial charge in [0.1, 0.15) is 5.76 Å². The average Bonchev–Trinajstić information content (AvgIpc) is 2.17. The Balaban J connectivity index is 2.70. The van der Waals surface area contributed by atoms with Crippen molar-refractivity contribution >= 4 is 0 Å². The van der Waals surface area contributed by atoms with Gasteiger partial charge < -0.3 is 10.5 Å². The summed E-state index contributed by atoms with van der Waals surface area (Å²) in [5, 5.41) is 0. The molecule has 1 aliphatic rings. The van der Waals surface area contributed by atoms with E-state index < -0.39 is 0 Å². The van der Waals surface area contributed by atoms with E-state index in [9.17, 15) is 0 Å². The van der Waals surface area contributed by atoms with Gasteiger partial charge in [0.05, 0.1) is 7.11 Å². The predicted octanol–water partition coefficient (Wildman–Crippen LogP) is 2.14. The number of nitrogens with two attached hydrogens (primary N) is 1. The van der Waals surface area contributed by atoms with Gasteiger partial charge in [0.2, 0.25) is 0 Å². The van der Waals surface area contributed by atoms with Gasteiger partial charge in [0.25, 0.3) is 0 Å². The van der Waals surface area contributed by atoms with Gasteiger partial charge in [0, 0.05) is 6.04 Å². The number of hydrogen-bond acceptors (Lipinski definition) is 2. The van der Waals surface area contributed by atoms with E-state index in [1.165, 1.54) is 11.1 Å². The smallest absolute Gasteiger partial charge is 0.114 e. The lowest BCUT2D eigenvalue weighted by atomic mass is 9.94. The van der Waals surface area contributed by atoms with E-state index in [0.717, 1.165) is 18.6 Å². The molecule has 0 heterocycles. The Morgan fingerprint density at radius 1 is 1.54 bits per heavy atom. The molecule has 2 heteroatoms. The molecule has 1 aliphatic carbocycles. The first-order chi connectivity index (χ1) is 6.15. The van der Waals surface area contributed by atoms with Crippen molar-refractivity contribution in [3.05, 3.63) is 35.6 Å². The minimum Gasteiger partial charge on any atom is -0.497 e. The molecule has 0 amide bonds. The quantitative estimate of drug-likeness (QED) is 0.674. The van der Waals surface area contributed by atoms with E-state index in [-0.39, 0.29) is 6.04 Å². The molecule has 0 aliphatic heterocycles. The summed E-state index contributed by atoms with van der Waals surface area (Å²) in [5.41, 5.74) is 8.24. The van der Waals surface area contributed by atoms with Crippen LogP contribution in [0.15, 0.2) is 35.6 Å². The SMILES string of the molecule is C=C(OC)C1=CC=C([C@H](C)N)CC1. The van der Waals surface area contributed by atoms with Crippen LogP contribution >= 0.6 is 0 Å². The van der Waals surface area contributed by atoms with Gasteiger partial charge in [-0.2, -0.15) is 0 Å². The molecule has 0 bridgehead atoms. The molecule has 0 unspecified atom stereocenters. The second-order valence-electron chi connectivity index (χ2n) is 3.35. The molecular weight excluding hydrogens is 162 g/mol. The van der Waals surface area contributed by atoms with Gasteiger partial charge >= 0.3 is 0 Å². The fourth-order valence-electron chi connectivity index (χ4n) is 1.40. The molecule has 13 heavy (non-hydrogen) atoms. The number of allylic oxidation sites excluding steroid dienone is 3. The highest BCUT2D eigenvalue weighted by atomic mass is 16.5. The van der Waals surface area contributed by atoms with Crippen molar-refractivity contribution in [1.82, 2.24) is 0 Å². The van der Waals surface area contributed by atoms with E-state index in [4.69, 9.17) is 10.5 Å². The minimum atomic E-state index is 0.161. The van der Waals surface area contributed by atoms with Crippen LogP contribution in [-0.4, -0.2) is 13.2 Å². The Morgan fingerprint density at radius 2 is 2.23 bits per heavy atom. The lowest BCUT2D eigenvalue weighted by Gasteiger charge is -2.17. The normalized spacial score (nSPS) is 18.7. The molecule has 0 aromatic carbocycles. The monoisotopic (exact) mass is 179 g/mol. The third-order valence-corrected chi connectivity index (χ3v) is 2.37. The predicted molar refractivity (Wildman–Crippen MR) is 55.2 cm³/mol. The van der Waals surface area contributed by atoms with Crippen LogP contribution in [0.25, 0.3) is 0 Å². The van der Waals surface area contributed by atoms with Gasteiger partial charge in [-0.3, -0.25) is 0 Å². The van der Waals surface area contributed by atoms with Crippen molar-refractivity contribution in [3.63, 3.8) is 0 Å². The summed E-state index contributed by atoms with van der Waals surface area (Å²) in [6.45, 7) is 5.83. The lowest BCUT2D eigenvalue weighted by molar-refractivity contribution is 0.300. The van der Waals surface area contributed by atoms with Crippen molar-refractivity contribution in [2.24, 2.45) is 5.73 Å². The first-order valence-electron chi connectivity index (χ1n) is 4.53. The Hall–Kier alpha value is -1.02. The standard InChI is InChI=1S/C11H17NO/c1-8(12)10-4-6-11(7-5-10)9(2)13-3/h4,6,8H,2,5,7,12H2,1,3H3/t8-/m0/s1. The fourth-order valence-corrected chi connectivity index (χ4v) is 1.40. The Bertz CT molecular complexity index is 261. The molecule has 0 saturated carbocycles. The van der Waals surface area contributed by atoms with E-state index in [0.29, 0.717) is 0 Å². The fraction of sp³-hybridized carbons (Fsp3) is 0.455. The van der Waals surface area contributed by atoms with Crippen LogP contribution in [0.4, 0.5) is 0 Å². The average molecular weight is 179 g/mol. The molecular formula is C11H17NO. The highest BCUT2D eigenvalue weighted by Crippen LogP contribution is 2.24. The number of rotatable bonds is 3. The first-order valence-corrected chi connectivity index (χ1v) is 4.53. The third-order valence-electron chi connectivity index (χ3n) is 2.37. The molecule has 1 rings (SSSR count). The number of methoxy groups -OCH3 is 1. The molecule has 2 nitrogen and oxygen atoms in total. The number of ether oxygens (including phenoxy) is 1. The van der Waals surface area contributed by atoms with Crippen molar-refractivity contribution in [1.29, 1.82) is 0 Å². The van der Waals surface area contributed by atoms with Crippen LogP contribution in [0.3, 0.4) is 0 Å². The summed E-state index contributed by atoms with van der Waals surface area (Å²) in [7, 11) is 1.65. The molecule has 72 valence electrons. The van der Waals surface area contributed by atoms with Crippen LogP contribution in [0, 0.1) is 0 Å². The molecule has 0 spiro atoms. The Morgan fingerprint density at radius 3 is 2.62 bits per heavy atom. The van der Waals surface area contributed by atoms with Gasteiger partial charge in [-0.1, -0.05) is 24.3 Å². The van der Waals surface area contributed by atoms with Crippen molar-refractivity contribution in [2.45, 2.75) is 25.8 Å². The van der Waals surface area contributed by atoms with Crippen LogP contribution in [0.1, 0.15) is 19.8 Å². The maximum atomic E-state index is 5.77. The third kappa shape index (κ3) is 2.46. The molecule has 0 aromatic rings. The summed E-state index contributed by atoms with van der Waals surface area (Å²) in [4.78, 5) is 0. The zero-order chi connectivity index (χ0) is 9.84. The summed E-state index contributed by atoms with van der Waals surface area (Å²) in [6.07, 6.45) is 6.13. The maximum absolute atomic E-state index is 5.77. The highest BCUT2D eigenvalue weighted by molar-refractivity contribution is 5.34. The second-order valence-corrected chi connectivity index (χ2v) is 3.35. The summed E-state index contributed by atoms with van der Waals surface area (Å²) < 4.78 is 5.06. The van der Waals surface area contributed by atoms with Crippen molar-refractivity contribution in [3.8, 4) is 0 Å².